The van der Waals surface area contributed by atoms with Gasteiger partial charge in [0.25, 0.3) is 0 Å². The summed E-state index contributed by atoms with van der Waals surface area (Å²) in [5.74, 6) is 0. The molecule has 1 aromatic heterocycles. The fourth-order valence-corrected chi connectivity index (χ4v) is 2.85. The molecular formula is C15H16ClN3. The van der Waals surface area contributed by atoms with Crippen LogP contribution in [0.4, 0.5) is 11.4 Å². The summed E-state index contributed by atoms with van der Waals surface area (Å²) in [5.41, 5.74) is 11.3. The van der Waals surface area contributed by atoms with E-state index in [1.54, 1.807) is 0 Å². The van der Waals surface area contributed by atoms with E-state index < -0.39 is 0 Å². The minimum Gasteiger partial charge on any atom is -0.399 e. The summed E-state index contributed by atoms with van der Waals surface area (Å²) in [6.07, 6.45) is 2.15. The zero-order chi connectivity index (χ0) is 13.4. The van der Waals surface area contributed by atoms with Crippen molar-refractivity contribution in [2.45, 2.75) is 25.8 Å². The summed E-state index contributed by atoms with van der Waals surface area (Å²) in [4.78, 5) is 4.27. The maximum atomic E-state index is 5.88. The minimum absolute atomic E-state index is 0.331. The van der Waals surface area contributed by atoms with Crippen LogP contribution in [0, 0.1) is 6.92 Å². The fraction of sp³-hybridized carbons (Fsp3) is 0.267. The van der Waals surface area contributed by atoms with Gasteiger partial charge in [-0.05, 0) is 55.2 Å². The van der Waals surface area contributed by atoms with E-state index >= 15 is 0 Å². The van der Waals surface area contributed by atoms with E-state index in [0.717, 1.165) is 29.9 Å². The lowest BCUT2D eigenvalue weighted by atomic mass is 10.1. The van der Waals surface area contributed by atoms with Gasteiger partial charge in [0.05, 0.1) is 17.4 Å². The first kappa shape index (κ1) is 12.3. The number of hydrogen-bond acceptors (Lipinski definition) is 3. The molecule has 0 aliphatic heterocycles. The van der Waals surface area contributed by atoms with Crippen LogP contribution in [0.25, 0.3) is 0 Å². The van der Waals surface area contributed by atoms with Crippen molar-refractivity contribution in [2.24, 2.45) is 0 Å². The number of halogens is 1. The zero-order valence-electron chi connectivity index (χ0n) is 10.8. The van der Waals surface area contributed by atoms with Gasteiger partial charge in [0.1, 0.15) is 5.15 Å². The topological polar surface area (TPSA) is 50.9 Å². The molecule has 4 heteroatoms. The molecule has 19 heavy (non-hydrogen) atoms. The van der Waals surface area contributed by atoms with E-state index in [1.807, 2.05) is 25.1 Å². The number of nitrogens with one attached hydrogen (secondary N) is 1. The molecule has 0 amide bonds. The molecule has 0 saturated carbocycles. The fourth-order valence-electron chi connectivity index (χ4n) is 2.66. The molecule has 98 valence electrons. The van der Waals surface area contributed by atoms with E-state index in [4.69, 9.17) is 17.3 Å². The second kappa shape index (κ2) is 4.74. The molecule has 1 heterocycles. The van der Waals surface area contributed by atoms with Crippen LogP contribution in [0.15, 0.2) is 30.3 Å². The molecule has 0 fully saturated rings. The third-order valence-electron chi connectivity index (χ3n) is 3.63. The first-order valence-corrected chi connectivity index (χ1v) is 6.79. The van der Waals surface area contributed by atoms with Crippen molar-refractivity contribution in [1.82, 2.24) is 4.98 Å². The number of hydrogen-bond donors (Lipinski definition) is 2. The van der Waals surface area contributed by atoms with E-state index in [1.165, 1.54) is 11.1 Å². The molecule has 1 atom stereocenters. The lowest BCUT2D eigenvalue weighted by Crippen LogP contribution is -2.08. The van der Waals surface area contributed by atoms with Crippen LogP contribution in [0.1, 0.15) is 29.3 Å². The van der Waals surface area contributed by atoms with Crippen molar-refractivity contribution in [3.05, 3.63) is 52.3 Å². The molecule has 0 saturated heterocycles. The monoisotopic (exact) mass is 273 g/mol. The Morgan fingerprint density at radius 1 is 1.32 bits per heavy atom. The smallest absolute Gasteiger partial charge is 0.129 e. The summed E-state index contributed by atoms with van der Waals surface area (Å²) in [7, 11) is 0. The largest absolute Gasteiger partial charge is 0.399 e. The number of nitrogens with two attached hydrogens (primary N) is 1. The van der Waals surface area contributed by atoms with Gasteiger partial charge >= 0.3 is 0 Å². The van der Waals surface area contributed by atoms with Crippen molar-refractivity contribution < 1.29 is 0 Å². The van der Waals surface area contributed by atoms with Crippen LogP contribution in [-0.2, 0) is 6.42 Å². The summed E-state index contributed by atoms with van der Waals surface area (Å²) >= 11 is 5.88. The van der Waals surface area contributed by atoms with E-state index in [9.17, 15) is 0 Å². The van der Waals surface area contributed by atoms with E-state index in [0.29, 0.717) is 11.2 Å². The molecule has 1 aliphatic carbocycles. The number of rotatable bonds is 2. The van der Waals surface area contributed by atoms with Gasteiger partial charge in [0, 0.05) is 5.69 Å². The van der Waals surface area contributed by atoms with Crippen LogP contribution in [-0.4, -0.2) is 4.98 Å². The normalized spacial score (nSPS) is 17.3. The van der Waals surface area contributed by atoms with Crippen molar-refractivity contribution in [1.29, 1.82) is 0 Å². The molecule has 3 nitrogen and oxygen atoms in total. The van der Waals surface area contributed by atoms with Crippen molar-refractivity contribution in [3.63, 3.8) is 0 Å². The number of anilines is 2. The van der Waals surface area contributed by atoms with Gasteiger partial charge in [-0.1, -0.05) is 17.7 Å². The van der Waals surface area contributed by atoms with E-state index in [2.05, 4.69) is 22.4 Å². The quantitative estimate of drug-likeness (QED) is 0.648. The first-order chi connectivity index (χ1) is 9.13. The van der Waals surface area contributed by atoms with Crippen LogP contribution >= 0.6 is 11.6 Å². The highest BCUT2D eigenvalue weighted by atomic mass is 35.5. The summed E-state index contributed by atoms with van der Waals surface area (Å²) in [6, 6.07) is 10.3. The van der Waals surface area contributed by atoms with Gasteiger partial charge < -0.3 is 11.1 Å². The summed E-state index contributed by atoms with van der Waals surface area (Å²) in [6.45, 7) is 1.97. The molecule has 3 rings (SSSR count). The Morgan fingerprint density at radius 2 is 2.16 bits per heavy atom. The maximum absolute atomic E-state index is 5.88. The molecule has 0 radical (unpaired) electrons. The number of aromatic nitrogens is 1. The Hall–Kier alpha value is -1.74. The second-order valence-electron chi connectivity index (χ2n) is 4.96. The van der Waals surface area contributed by atoms with Gasteiger partial charge in [0.2, 0.25) is 0 Å². The van der Waals surface area contributed by atoms with Crippen LogP contribution < -0.4 is 11.1 Å². The van der Waals surface area contributed by atoms with Gasteiger partial charge in [0.15, 0.2) is 0 Å². The minimum atomic E-state index is 0.331. The third kappa shape index (κ3) is 2.38. The van der Waals surface area contributed by atoms with Crippen molar-refractivity contribution in [2.75, 3.05) is 11.1 Å². The lowest BCUT2D eigenvalue weighted by Gasteiger charge is -2.17. The Kier molecular flexibility index (Phi) is 3.07. The number of nitrogens with zero attached hydrogens (tertiary/aromatic N) is 1. The Labute approximate surface area is 117 Å². The van der Waals surface area contributed by atoms with Gasteiger partial charge in [-0.3, -0.25) is 0 Å². The summed E-state index contributed by atoms with van der Waals surface area (Å²) in [5, 5.41) is 4.08. The summed E-state index contributed by atoms with van der Waals surface area (Å²) < 4.78 is 0. The van der Waals surface area contributed by atoms with Gasteiger partial charge in [-0.15, -0.1) is 0 Å². The molecule has 1 aromatic carbocycles. The van der Waals surface area contributed by atoms with Crippen LogP contribution in [0.2, 0.25) is 5.15 Å². The number of pyridine rings is 1. The number of aryl methyl sites for hydroxylation is 2. The highest BCUT2D eigenvalue weighted by Crippen LogP contribution is 2.35. The second-order valence-corrected chi connectivity index (χ2v) is 5.35. The predicted molar refractivity (Wildman–Crippen MR) is 79.5 cm³/mol. The zero-order valence-corrected chi connectivity index (χ0v) is 11.5. The van der Waals surface area contributed by atoms with Crippen molar-refractivity contribution in [3.8, 4) is 0 Å². The molecule has 0 spiro atoms. The first-order valence-electron chi connectivity index (χ1n) is 6.41. The third-order valence-corrected chi connectivity index (χ3v) is 3.84. The van der Waals surface area contributed by atoms with Crippen LogP contribution in [0.5, 0.6) is 0 Å². The Balaban J connectivity index is 1.86. The molecule has 2 aromatic rings. The highest BCUT2D eigenvalue weighted by Gasteiger charge is 2.22. The van der Waals surface area contributed by atoms with Crippen LogP contribution in [0.3, 0.4) is 0 Å². The molecular weight excluding hydrogens is 258 g/mol. The molecule has 3 N–H and O–H groups in total. The SMILES string of the molecule is Cc1nc(Cl)ccc1NC1CCc2cc(N)ccc21. The molecule has 0 bridgehead atoms. The predicted octanol–water partition coefficient (Wildman–Crippen LogP) is 3.73. The average Bonchev–Trinajstić information content (AvgIpc) is 2.75. The van der Waals surface area contributed by atoms with E-state index in [-0.39, 0.29) is 0 Å². The maximum Gasteiger partial charge on any atom is 0.129 e. The number of nitrogen functional groups attached to an aromatic ring is 1. The molecule has 1 unspecified atom stereocenters. The number of benzene rings is 1. The number of fused-ring (bicyclic) bond motifs is 1. The van der Waals surface area contributed by atoms with Gasteiger partial charge in [-0.2, -0.15) is 0 Å². The standard InChI is InChI=1S/C15H16ClN3/c1-9-13(6-7-15(16)18-9)19-14-5-2-10-8-11(17)3-4-12(10)14/h3-4,6-8,14,19H,2,5,17H2,1H3. The van der Waals surface area contributed by atoms with Crippen molar-refractivity contribution >= 4 is 23.0 Å². The van der Waals surface area contributed by atoms with Gasteiger partial charge in [-0.25, -0.2) is 4.98 Å². The highest BCUT2D eigenvalue weighted by molar-refractivity contribution is 6.29. The lowest BCUT2D eigenvalue weighted by molar-refractivity contribution is 0.760. The Morgan fingerprint density at radius 3 is 2.95 bits per heavy atom. The Bertz CT molecular complexity index is 625. The average molecular weight is 274 g/mol. The molecule has 1 aliphatic rings.